The Kier molecular flexibility index (Phi) is 8.60. The van der Waals surface area contributed by atoms with Gasteiger partial charge in [0, 0.05) is 31.3 Å². The van der Waals surface area contributed by atoms with Crippen molar-refractivity contribution in [2.75, 3.05) is 32.1 Å². The number of ether oxygens (including phenoxy) is 1. The molecule has 1 heterocycles. The molecule has 0 radical (unpaired) electrons. The van der Waals surface area contributed by atoms with Gasteiger partial charge in [-0.25, -0.2) is 9.78 Å². The Bertz CT molecular complexity index is 815. The maximum Gasteiger partial charge on any atom is 0.322 e. The molecule has 1 aromatic heterocycles. The Morgan fingerprint density at radius 3 is 2.55 bits per heavy atom. The molecule has 7 nitrogen and oxygen atoms in total. The van der Waals surface area contributed by atoms with E-state index in [9.17, 15) is 9.59 Å². The first-order valence-corrected chi connectivity index (χ1v) is 10.5. The lowest BCUT2D eigenvalue weighted by Crippen LogP contribution is -2.37. The fourth-order valence-electron chi connectivity index (χ4n) is 2.69. The molecule has 2 rings (SSSR count). The van der Waals surface area contributed by atoms with Crippen molar-refractivity contribution in [1.82, 2.24) is 15.2 Å². The third kappa shape index (κ3) is 6.83. The number of anilines is 1. The van der Waals surface area contributed by atoms with Crippen LogP contribution >= 0.6 is 11.3 Å². The number of nitrogens with one attached hydrogen (secondary N) is 2. The Hall–Kier alpha value is -2.45. The van der Waals surface area contributed by atoms with Crippen LogP contribution in [0.1, 0.15) is 40.5 Å². The minimum absolute atomic E-state index is 0.190. The fraction of sp³-hybridized carbons (Fsp3) is 0.476. The zero-order valence-corrected chi connectivity index (χ0v) is 18.6. The largest absolute Gasteiger partial charge is 0.383 e. The van der Waals surface area contributed by atoms with Crippen LogP contribution in [0.2, 0.25) is 0 Å². The van der Waals surface area contributed by atoms with Crippen LogP contribution in [0, 0.1) is 19.8 Å². The lowest BCUT2D eigenvalue weighted by molar-refractivity contribution is 0.0944. The minimum Gasteiger partial charge on any atom is -0.383 e. The summed E-state index contributed by atoms with van der Waals surface area (Å²) in [4.78, 5) is 31.1. The summed E-state index contributed by atoms with van der Waals surface area (Å²) >= 11 is 1.37. The highest BCUT2D eigenvalue weighted by Gasteiger charge is 2.19. The number of carbonyl (C=O) groups excluding carboxylic acids is 2. The van der Waals surface area contributed by atoms with Crippen molar-refractivity contribution in [2.45, 2.75) is 34.2 Å². The number of para-hydroxylation sites is 1. The van der Waals surface area contributed by atoms with Crippen LogP contribution in [0.5, 0.6) is 0 Å². The van der Waals surface area contributed by atoms with Gasteiger partial charge in [-0.1, -0.05) is 32.0 Å². The summed E-state index contributed by atoms with van der Waals surface area (Å²) in [6.45, 7) is 9.74. The van der Waals surface area contributed by atoms with Crippen LogP contribution in [0.25, 0.3) is 0 Å². The second-order valence-corrected chi connectivity index (χ2v) is 8.28. The molecule has 29 heavy (non-hydrogen) atoms. The number of nitrogens with zero attached hydrogens (tertiary/aromatic N) is 2. The highest BCUT2D eigenvalue weighted by Crippen LogP contribution is 2.21. The van der Waals surface area contributed by atoms with Gasteiger partial charge in [-0.15, -0.1) is 11.3 Å². The first-order valence-electron chi connectivity index (χ1n) is 9.65. The average molecular weight is 419 g/mol. The molecule has 3 amide bonds. The number of hydrogen-bond donors (Lipinski definition) is 2. The van der Waals surface area contributed by atoms with Crippen LogP contribution in [0.4, 0.5) is 10.5 Å². The molecule has 0 saturated carbocycles. The number of urea groups is 1. The molecule has 2 aromatic rings. The SMILES string of the molecule is COCCN(Cc1nc(C(=O)NCC(C)C)cs1)C(=O)Nc1c(C)cccc1C. The van der Waals surface area contributed by atoms with Gasteiger partial charge in [0.15, 0.2) is 0 Å². The zero-order valence-electron chi connectivity index (χ0n) is 17.7. The molecular formula is C21H30N4O3S. The Labute approximate surface area is 176 Å². The van der Waals surface area contributed by atoms with Gasteiger partial charge < -0.3 is 20.3 Å². The first kappa shape index (κ1) is 22.8. The standard InChI is InChI=1S/C21H30N4O3S/c1-14(2)11-22-20(26)17-13-29-18(23-17)12-25(9-10-28-5)21(27)24-19-15(3)7-6-8-16(19)4/h6-8,13-14H,9-12H2,1-5H3,(H,22,26)(H,24,27). The van der Waals surface area contributed by atoms with E-state index in [1.807, 2.05) is 45.9 Å². The number of rotatable bonds is 9. The maximum absolute atomic E-state index is 12.9. The van der Waals surface area contributed by atoms with E-state index in [2.05, 4.69) is 15.6 Å². The normalized spacial score (nSPS) is 10.8. The van der Waals surface area contributed by atoms with Gasteiger partial charge in [-0.2, -0.15) is 0 Å². The molecule has 0 aliphatic heterocycles. The fourth-order valence-corrected chi connectivity index (χ4v) is 3.48. The minimum atomic E-state index is -0.222. The van der Waals surface area contributed by atoms with E-state index in [0.717, 1.165) is 16.8 Å². The Morgan fingerprint density at radius 1 is 1.24 bits per heavy atom. The van der Waals surface area contributed by atoms with Gasteiger partial charge in [0.25, 0.3) is 5.91 Å². The molecule has 8 heteroatoms. The third-order valence-electron chi connectivity index (χ3n) is 4.35. The number of benzene rings is 1. The summed E-state index contributed by atoms with van der Waals surface area (Å²) < 4.78 is 5.15. The molecule has 0 unspecified atom stereocenters. The van der Waals surface area contributed by atoms with Crippen LogP contribution in [-0.4, -0.2) is 48.6 Å². The lowest BCUT2D eigenvalue weighted by atomic mass is 10.1. The monoisotopic (exact) mass is 418 g/mol. The smallest absolute Gasteiger partial charge is 0.322 e. The van der Waals surface area contributed by atoms with E-state index in [4.69, 9.17) is 4.74 Å². The number of amides is 3. The van der Waals surface area contributed by atoms with Gasteiger partial charge in [-0.3, -0.25) is 4.79 Å². The zero-order chi connectivity index (χ0) is 21.4. The van der Waals surface area contributed by atoms with Gasteiger partial charge in [0.2, 0.25) is 0 Å². The number of aromatic nitrogens is 1. The van der Waals surface area contributed by atoms with E-state index in [0.29, 0.717) is 42.9 Å². The molecule has 0 saturated heterocycles. The van der Waals surface area contributed by atoms with Crippen LogP contribution in [-0.2, 0) is 11.3 Å². The summed E-state index contributed by atoms with van der Waals surface area (Å²) in [6, 6.07) is 5.67. The van der Waals surface area contributed by atoms with Crippen molar-refractivity contribution >= 4 is 29.0 Å². The molecule has 0 bridgehead atoms. The van der Waals surface area contributed by atoms with Crippen LogP contribution in [0.15, 0.2) is 23.6 Å². The summed E-state index contributed by atoms with van der Waals surface area (Å²) in [7, 11) is 1.60. The first-order chi connectivity index (χ1) is 13.8. The van der Waals surface area contributed by atoms with E-state index >= 15 is 0 Å². The molecule has 0 atom stereocenters. The molecule has 2 N–H and O–H groups in total. The van der Waals surface area contributed by atoms with Crippen LogP contribution < -0.4 is 10.6 Å². The quantitative estimate of drug-likeness (QED) is 0.648. The molecule has 1 aromatic carbocycles. The number of aryl methyl sites for hydroxylation is 2. The number of carbonyl (C=O) groups is 2. The lowest BCUT2D eigenvalue weighted by Gasteiger charge is -2.23. The summed E-state index contributed by atoms with van der Waals surface area (Å²) in [5.74, 6) is 0.180. The molecule has 0 aliphatic carbocycles. The van der Waals surface area contributed by atoms with Gasteiger partial charge in [0.05, 0.1) is 13.2 Å². The average Bonchev–Trinajstić information content (AvgIpc) is 3.14. The molecule has 0 spiro atoms. The van der Waals surface area contributed by atoms with Crippen molar-refractivity contribution in [3.05, 3.63) is 45.4 Å². The Morgan fingerprint density at radius 2 is 1.93 bits per heavy atom. The summed E-state index contributed by atoms with van der Waals surface area (Å²) in [6.07, 6.45) is 0. The predicted octanol–water partition coefficient (Wildman–Crippen LogP) is 3.83. The van der Waals surface area contributed by atoms with Crippen molar-refractivity contribution in [3.63, 3.8) is 0 Å². The van der Waals surface area contributed by atoms with E-state index in [1.54, 1.807) is 17.4 Å². The van der Waals surface area contributed by atoms with Crippen LogP contribution in [0.3, 0.4) is 0 Å². The summed E-state index contributed by atoms with van der Waals surface area (Å²) in [5.41, 5.74) is 3.20. The van der Waals surface area contributed by atoms with Crippen molar-refractivity contribution < 1.29 is 14.3 Å². The molecule has 158 valence electrons. The Balaban J connectivity index is 2.08. The highest BCUT2D eigenvalue weighted by atomic mass is 32.1. The second-order valence-electron chi connectivity index (χ2n) is 7.34. The number of hydrogen-bond acceptors (Lipinski definition) is 5. The van der Waals surface area contributed by atoms with E-state index in [-0.39, 0.29) is 11.9 Å². The van der Waals surface area contributed by atoms with E-state index < -0.39 is 0 Å². The van der Waals surface area contributed by atoms with Crippen molar-refractivity contribution in [1.29, 1.82) is 0 Å². The van der Waals surface area contributed by atoms with E-state index in [1.165, 1.54) is 11.3 Å². The van der Waals surface area contributed by atoms with Crippen molar-refractivity contribution in [3.8, 4) is 0 Å². The van der Waals surface area contributed by atoms with Crippen molar-refractivity contribution in [2.24, 2.45) is 5.92 Å². The second kappa shape index (κ2) is 10.9. The topological polar surface area (TPSA) is 83.6 Å². The molecular weight excluding hydrogens is 388 g/mol. The summed E-state index contributed by atoms with van der Waals surface area (Å²) in [5, 5.41) is 8.29. The molecule has 0 fully saturated rings. The number of methoxy groups -OCH3 is 1. The number of thiazole rings is 1. The van der Waals surface area contributed by atoms with Gasteiger partial charge in [-0.05, 0) is 30.9 Å². The third-order valence-corrected chi connectivity index (χ3v) is 5.18. The highest BCUT2D eigenvalue weighted by molar-refractivity contribution is 7.09. The maximum atomic E-state index is 12.9. The van der Waals surface area contributed by atoms with Gasteiger partial charge in [0.1, 0.15) is 10.7 Å². The van der Waals surface area contributed by atoms with Gasteiger partial charge >= 0.3 is 6.03 Å². The molecule has 0 aliphatic rings. The predicted molar refractivity (Wildman–Crippen MR) is 117 cm³/mol.